The molecular formula is C31H44ClN5O2. The standard InChI is InChI=1S/C29H38ClN5O2.C2H6/c30-25-15-23(6-5-21(25)19-31)35-26(20-3-1-2-4-20)16-27(32-35)33-13-9-29(10-14-33)17-22(18-29)28(37)34-11-7-24(36)8-12-34;1-2/h5-6,15,20,22,24,26,36H,1-4,7-14,16-18H2;1-2H3. The molecule has 2 saturated carbocycles. The van der Waals surface area contributed by atoms with Crippen LogP contribution in [0.3, 0.4) is 0 Å². The highest BCUT2D eigenvalue weighted by molar-refractivity contribution is 6.32. The van der Waals surface area contributed by atoms with Gasteiger partial charge in [0.05, 0.1) is 28.4 Å². The van der Waals surface area contributed by atoms with Gasteiger partial charge in [-0.3, -0.25) is 9.80 Å². The minimum atomic E-state index is -0.238. The summed E-state index contributed by atoms with van der Waals surface area (Å²) in [7, 11) is 0. The predicted molar refractivity (Wildman–Crippen MR) is 156 cm³/mol. The van der Waals surface area contributed by atoms with E-state index in [2.05, 4.69) is 16.0 Å². The highest BCUT2D eigenvalue weighted by Crippen LogP contribution is 2.53. The molecule has 0 aromatic heterocycles. The summed E-state index contributed by atoms with van der Waals surface area (Å²) < 4.78 is 0. The zero-order chi connectivity index (χ0) is 27.6. The Bertz CT molecular complexity index is 1090. The molecule has 1 unspecified atom stereocenters. The SMILES string of the molecule is CC.N#Cc1ccc(N2N=C(N3CCC4(CC3)CC(C(=O)N3CCC(O)CC3)C4)CC2C2CCCC2)cc1Cl. The molecule has 1 amide bonds. The van der Waals surface area contributed by atoms with Crippen LogP contribution in [0.25, 0.3) is 0 Å². The van der Waals surface area contributed by atoms with Crippen LogP contribution >= 0.6 is 11.6 Å². The number of benzene rings is 1. The number of hydrogen-bond donors (Lipinski definition) is 1. The number of amidine groups is 1. The lowest BCUT2D eigenvalue weighted by Gasteiger charge is -2.53. The van der Waals surface area contributed by atoms with Crippen molar-refractivity contribution >= 4 is 29.0 Å². The van der Waals surface area contributed by atoms with Crippen molar-refractivity contribution in [1.29, 1.82) is 5.26 Å². The number of amides is 1. The van der Waals surface area contributed by atoms with E-state index in [1.165, 1.54) is 31.5 Å². The van der Waals surface area contributed by atoms with E-state index in [4.69, 9.17) is 16.7 Å². The Morgan fingerprint density at radius 1 is 1.08 bits per heavy atom. The molecule has 1 aromatic rings. The van der Waals surface area contributed by atoms with Crippen LogP contribution in [0.1, 0.15) is 90.0 Å². The van der Waals surface area contributed by atoms with Crippen LogP contribution in [0.4, 0.5) is 5.69 Å². The zero-order valence-corrected chi connectivity index (χ0v) is 24.4. The Hall–Kier alpha value is -2.30. The van der Waals surface area contributed by atoms with Crippen LogP contribution < -0.4 is 5.01 Å². The largest absolute Gasteiger partial charge is 0.393 e. The third-order valence-electron chi connectivity index (χ3n) is 9.88. The molecule has 39 heavy (non-hydrogen) atoms. The Kier molecular flexibility index (Phi) is 8.73. The van der Waals surface area contributed by atoms with Crippen LogP contribution in [-0.2, 0) is 4.79 Å². The fourth-order valence-corrected chi connectivity index (χ4v) is 7.77. The number of rotatable bonds is 3. The molecule has 8 heteroatoms. The second kappa shape index (κ2) is 12.1. The maximum atomic E-state index is 13.0. The van der Waals surface area contributed by atoms with Crippen molar-refractivity contribution < 1.29 is 9.90 Å². The first-order valence-corrected chi connectivity index (χ1v) is 15.6. The molecule has 1 aromatic carbocycles. The van der Waals surface area contributed by atoms with Crippen LogP contribution in [0, 0.1) is 28.6 Å². The number of anilines is 1. The van der Waals surface area contributed by atoms with E-state index >= 15 is 0 Å². The van der Waals surface area contributed by atoms with Crippen molar-refractivity contribution in [3.63, 3.8) is 0 Å². The normalized spacial score (nSPS) is 25.7. The molecule has 7 nitrogen and oxygen atoms in total. The van der Waals surface area contributed by atoms with E-state index < -0.39 is 0 Å². The van der Waals surface area contributed by atoms with Crippen molar-refractivity contribution in [3.8, 4) is 6.07 Å². The second-order valence-corrected chi connectivity index (χ2v) is 12.5. The third kappa shape index (κ3) is 5.79. The number of carbonyl (C=O) groups is 1. The lowest BCUT2D eigenvalue weighted by atomic mass is 9.57. The van der Waals surface area contributed by atoms with Gasteiger partial charge in [-0.15, -0.1) is 0 Å². The molecule has 1 spiro atoms. The van der Waals surface area contributed by atoms with Crippen LogP contribution in [0.15, 0.2) is 23.3 Å². The van der Waals surface area contributed by atoms with E-state index in [1.54, 1.807) is 0 Å². The minimum Gasteiger partial charge on any atom is -0.393 e. The van der Waals surface area contributed by atoms with Gasteiger partial charge in [-0.25, -0.2) is 0 Å². The summed E-state index contributed by atoms with van der Waals surface area (Å²) in [5.41, 5.74) is 1.80. The predicted octanol–water partition coefficient (Wildman–Crippen LogP) is 5.80. The monoisotopic (exact) mass is 553 g/mol. The number of aliphatic hydroxyl groups excluding tert-OH is 1. The molecule has 0 radical (unpaired) electrons. The lowest BCUT2D eigenvalue weighted by Crippen LogP contribution is -2.53. The fourth-order valence-electron chi connectivity index (χ4n) is 7.55. The number of likely N-dealkylation sites (tertiary alicyclic amines) is 2. The number of piperidine rings is 2. The Morgan fingerprint density at radius 3 is 2.36 bits per heavy atom. The van der Waals surface area contributed by atoms with E-state index in [0.717, 1.165) is 50.9 Å². The molecule has 0 bridgehead atoms. The first kappa shape index (κ1) is 28.2. The van der Waals surface area contributed by atoms with Crippen molar-refractivity contribution in [2.24, 2.45) is 22.4 Å². The Balaban J connectivity index is 0.00000151. The van der Waals surface area contributed by atoms with Gasteiger partial charge < -0.3 is 14.9 Å². The van der Waals surface area contributed by atoms with E-state index in [0.29, 0.717) is 59.8 Å². The number of aliphatic hydroxyl groups is 1. The van der Waals surface area contributed by atoms with Crippen molar-refractivity contribution in [2.75, 3.05) is 31.2 Å². The van der Waals surface area contributed by atoms with Gasteiger partial charge in [0.1, 0.15) is 11.9 Å². The smallest absolute Gasteiger partial charge is 0.225 e. The molecule has 212 valence electrons. The summed E-state index contributed by atoms with van der Waals surface area (Å²) in [6.45, 7) is 7.43. The highest BCUT2D eigenvalue weighted by Gasteiger charge is 2.50. The van der Waals surface area contributed by atoms with Gasteiger partial charge in [0.2, 0.25) is 5.91 Å². The van der Waals surface area contributed by atoms with Crippen LogP contribution in [-0.4, -0.2) is 65.0 Å². The number of nitriles is 1. The van der Waals surface area contributed by atoms with Gasteiger partial charge >= 0.3 is 0 Å². The summed E-state index contributed by atoms with van der Waals surface area (Å²) in [6.07, 6.45) is 11.6. The molecule has 3 heterocycles. The molecule has 5 aliphatic rings. The molecule has 2 aliphatic carbocycles. The third-order valence-corrected chi connectivity index (χ3v) is 10.2. The molecule has 4 fully saturated rings. The quantitative estimate of drug-likeness (QED) is 0.512. The zero-order valence-electron chi connectivity index (χ0n) is 23.6. The number of halogens is 1. The topological polar surface area (TPSA) is 83.2 Å². The summed E-state index contributed by atoms with van der Waals surface area (Å²) in [4.78, 5) is 17.4. The molecule has 3 aliphatic heterocycles. The molecule has 2 saturated heterocycles. The Morgan fingerprint density at radius 2 is 1.74 bits per heavy atom. The van der Waals surface area contributed by atoms with Crippen LogP contribution in [0.2, 0.25) is 5.02 Å². The van der Waals surface area contributed by atoms with Crippen molar-refractivity contribution in [2.45, 2.75) is 96.6 Å². The van der Waals surface area contributed by atoms with Crippen molar-refractivity contribution in [3.05, 3.63) is 28.8 Å². The maximum Gasteiger partial charge on any atom is 0.225 e. The van der Waals surface area contributed by atoms with Gasteiger partial charge in [0, 0.05) is 38.5 Å². The van der Waals surface area contributed by atoms with Crippen LogP contribution in [0.5, 0.6) is 0 Å². The van der Waals surface area contributed by atoms with E-state index in [1.807, 2.05) is 36.9 Å². The van der Waals surface area contributed by atoms with E-state index in [9.17, 15) is 15.2 Å². The molecule has 1 atom stereocenters. The maximum absolute atomic E-state index is 13.0. The second-order valence-electron chi connectivity index (χ2n) is 12.1. The first-order valence-electron chi connectivity index (χ1n) is 15.2. The lowest BCUT2D eigenvalue weighted by molar-refractivity contribution is -0.147. The fraction of sp³-hybridized carbons (Fsp3) is 0.710. The number of carbonyl (C=O) groups excluding carboxylic acids is 1. The average Bonchev–Trinajstić information content (AvgIpc) is 3.64. The molecule has 1 N–H and O–H groups in total. The van der Waals surface area contributed by atoms with Gasteiger partial charge in [0.25, 0.3) is 0 Å². The van der Waals surface area contributed by atoms with Gasteiger partial charge in [0.15, 0.2) is 0 Å². The van der Waals surface area contributed by atoms with Gasteiger partial charge in [-0.2, -0.15) is 10.4 Å². The summed E-state index contributed by atoms with van der Waals surface area (Å²) in [5, 5.41) is 26.9. The number of hydrogen-bond acceptors (Lipinski definition) is 6. The first-order chi connectivity index (χ1) is 18.9. The summed E-state index contributed by atoms with van der Waals surface area (Å²) >= 11 is 6.40. The van der Waals surface area contributed by atoms with Gasteiger partial charge in [-0.05, 0) is 80.9 Å². The Labute approximate surface area is 238 Å². The average molecular weight is 554 g/mol. The minimum absolute atomic E-state index is 0.175. The number of hydrazone groups is 1. The van der Waals surface area contributed by atoms with E-state index in [-0.39, 0.29) is 12.0 Å². The summed E-state index contributed by atoms with van der Waals surface area (Å²) in [6, 6.07) is 8.20. The molecular weight excluding hydrogens is 510 g/mol. The highest BCUT2D eigenvalue weighted by atomic mass is 35.5. The molecule has 6 rings (SSSR count). The number of nitrogens with zero attached hydrogens (tertiary/aromatic N) is 5. The van der Waals surface area contributed by atoms with Crippen molar-refractivity contribution in [1.82, 2.24) is 9.80 Å². The van der Waals surface area contributed by atoms with Gasteiger partial charge in [-0.1, -0.05) is 38.3 Å². The summed E-state index contributed by atoms with van der Waals surface area (Å²) in [5.74, 6) is 2.32.